The van der Waals surface area contributed by atoms with Crippen molar-refractivity contribution in [2.24, 2.45) is 0 Å². The molecule has 0 saturated heterocycles. The molecule has 0 aliphatic heterocycles. The van der Waals surface area contributed by atoms with Crippen molar-refractivity contribution in [1.82, 2.24) is 0 Å². The van der Waals surface area contributed by atoms with Crippen LogP contribution >= 0.6 is 0 Å². The first kappa shape index (κ1) is 12.8. The van der Waals surface area contributed by atoms with Gasteiger partial charge in [-0.25, -0.2) is 4.79 Å². The largest absolute Gasteiger partial charge is 0.451 e. The van der Waals surface area contributed by atoms with Crippen LogP contribution in [0.3, 0.4) is 0 Å². The topological polar surface area (TPSA) is 43.4 Å². The van der Waals surface area contributed by atoms with E-state index in [0.717, 1.165) is 24.0 Å². The Labute approximate surface area is 107 Å². The van der Waals surface area contributed by atoms with Crippen LogP contribution in [-0.4, -0.2) is 17.9 Å². The molecule has 0 unspecified atom stereocenters. The van der Waals surface area contributed by atoms with Gasteiger partial charge in [0.1, 0.15) is 0 Å². The second-order valence-electron chi connectivity index (χ2n) is 4.92. The Balaban J connectivity index is 2.11. The lowest BCUT2D eigenvalue weighted by Gasteiger charge is -2.21. The Kier molecular flexibility index (Phi) is 3.80. The van der Waals surface area contributed by atoms with Crippen molar-refractivity contribution >= 4 is 11.8 Å². The van der Waals surface area contributed by atoms with E-state index in [1.54, 1.807) is 0 Å². The van der Waals surface area contributed by atoms with Gasteiger partial charge in [0.25, 0.3) is 0 Å². The fourth-order valence-electron chi connectivity index (χ4n) is 2.22. The Bertz CT molecular complexity index is 477. The fraction of sp³-hybridized carbons (Fsp3) is 0.467. The predicted molar refractivity (Wildman–Crippen MR) is 68.6 cm³/mol. The molecule has 2 rings (SSSR count). The summed E-state index contributed by atoms with van der Waals surface area (Å²) in [7, 11) is 0. The van der Waals surface area contributed by atoms with E-state index in [1.807, 2.05) is 32.0 Å². The molecule has 1 aliphatic carbocycles. The molecule has 1 aromatic rings. The Morgan fingerprint density at radius 2 is 2.06 bits per heavy atom. The molecule has 1 aliphatic rings. The fourth-order valence-corrected chi connectivity index (χ4v) is 2.22. The van der Waals surface area contributed by atoms with Crippen molar-refractivity contribution in [2.45, 2.75) is 45.6 Å². The Morgan fingerprint density at radius 1 is 1.28 bits per heavy atom. The minimum atomic E-state index is -0.536. The molecule has 0 radical (unpaired) electrons. The molecule has 3 nitrogen and oxygen atoms in total. The van der Waals surface area contributed by atoms with Crippen LogP contribution in [0, 0.1) is 13.8 Å². The molecule has 0 aromatic heterocycles. The van der Waals surface area contributed by atoms with Crippen LogP contribution in [0.25, 0.3) is 0 Å². The Hall–Kier alpha value is -1.64. The van der Waals surface area contributed by atoms with E-state index in [9.17, 15) is 9.59 Å². The number of ketones is 1. The molecule has 1 aromatic carbocycles. The van der Waals surface area contributed by atoms with Gasteiger partial charge in [-0.3, -0.25) is 4.79 Å². The number of carbonyl (C=O) groups excluding carboxylic acids is 2. The smallest absolute Gasteiger partial charge is 0.339 e. The van der Waals surface area contributed by atoms with Crippen molar-refractivity contribution in [1.29, 1.82) is 0 Å². The molecular formula is C15H18O3. The van der Waals surface area contributed by atoms with Crippen molar-refractivity contribution in [3.8, 4) is 0 Å². The number of rotatable bonds is 2. The molecule has 1 fully saturated rings. The summed E-state index contributed by atoms with van der Waals surface area (Å²) in [4.78, 5) is 23.7. The van der Waals surface area contributed by atoms with Crippen LogP contribution in [0.4, 0.5) is 0 Å². The molecule has 1 atom stereocenters. The second kappa shape index (κ2) is 5.34. The molecule has 0 spiro atoms. The summed E-state index contributed by atoms with van der Waals surface area (Å²) in [5.41, 5.74) is 2.46. The number of hydrogen-bond acceptors (Lipinski definition) is 3. The molecule has 18 heavy (non-hydrogen) atoms. The van der Waals surface area contributed by atoms with Crippen LogP contribution in [0.15, 0.2) is 18.2 Å². The minimum Gasteiger partial charge on any atom is -0.451 e. The van der Waals surface area contributed by atoms with Gasteiger partial charge < -0.3 is 4.74 Å². The molecule has 0 amide bonds. The molecule has 0 heterocycles. The van der Waals surface area contributed by atoms with Crippen molar-refractivity contribution in [3.05, 3.63) is 34.9 Å². The highest BCUT2D eigenvalue weighted by Crippen LogP contribution is 2.20. The van der Waals surface area contributed by atoms with E-state index in [-0.39, 0.29) is 11.8 Å². The number of hydrogen-bond donors (Lipinski definition) is 0. The summed E-state index contributed by atoms with van der Waals surface area (Å²) < 4.78 is 5.34. The zero-order valence-corrected chi connectivity index (χ0v) is 10.9. The van der Waals surface area contributed by atoms with Gasteiger partial charge in [0, 0.05) is 6.42 Å². The van der Waals surface area contributed by atoms with Crippen molar-refractivity contribution in [2.75, 3.05) is 0 Å². The van der Waals surface area contributed by atoms with Gasteiger partial charge in [-0.1, -0.05) is 17.7 Å². The standard InChI is InChI=1S/C15H18O3/c1-10-7-8-11(2)12(9-10)15(17)18-14-6-4-3-5-13(14)16/h7-9,14H,3-6H2,1-2H3/t14-/m1/s1. The maximum absolute atomic E-state index is 12.1. The van der Waals surface area contributed by atoms with Crippen molar-refractivity contribution in [3.63, 3.8) is 0 Å². The molecule has 0 bridgehead atoms. The lowest BCUT2D eigenvalue weighted by molar-refractivity contribution is -0.129. The third-order valence-electron chi connectivity index (χ3n) is 3.36. The van der Waals surface area contributed by atoms with Gasteiger partial charge in [-0.05, 0) is 44.7 Å². The zero-order chi connectivity index (χ0) is 13.1. The van der Waals surface area contributed by atoms with Crippen LogP contribution in [-0.2, 0) is 9.53 Å². The summed E-state index contributed by atoms with van der Waals surface area (Å²) in [6, 6.07) is 5.66. The van der Waals surface area contributed by atoms with E-state index in [4.69, 9.17) is 4.74 Å². The average Bonchev–Trinajstić information content (AvgIpc) is 2.35. The highest BCUT2D eigenvalue weighted by atomic mass is 16.5. The molecular weight excluding hydrogens is 228 g/mol. The molecule has 1 saturated carbocycles. The summed E-state index contributed by atoms with van der Waals surface area (Å²) in [5, 5.41) is 0. The second-order valence-corrected chi connectivity index (χ2v) is 4.92. The molecule has 0 N–H and O–H groups in total. The van der Waals surface area contributed by atoms with Crippen molar-refractivity contribution < 1.29 is 14.3 Å². The van der Waals surface area contributed by atoms with Gasteiger partial charge in [0.15, 0.2) is 11.9 Å². The van der Waals surface area contributed by atoms with Gasteiger partial charge in [0.05, 0.1) is 5.56 Å². The van der Waals surface area contributed by atoms with Crippen LogP contribution in [0.2, 0.25) is 0 Å². The maximum atomic E-state index is 12.1. The van der Waals surface area contributed by atoms with E-state index in [1.165, 1.54) is 0 Å². The Morgan fingerprint density at radius 3 is 2.78 bits per heavy atom. The van der Waals surface area contributed by atoms with Gasteiger partial charge in [0.2, 0.25) is 0 Å². The highest BCUT2D eigenvalue weighted by Gasteiger charge is 2.26. The quantitative estimate of drug-likeness (QED) is 0.753. The number of carbonyl (C=O) groups is 2. The maximum Gasteiger partial charge on any atom is 0.339 e. The SMILES string of the molecule is Cc1ccc(C)c(C(=O)O[C@@H]2CCCCC2=O)c1. The highest BCUT2D eigenvalue weighted by molar-refractivity contribution is 5.94. The number of benzene rings is 1. The molecule has 3 heteroatoms. The summed E-state index contributed by atoms with van der Waals surface area (Å²) in [5.74, 6) is -0.323. The number of aryl methyl sites for hydroxylation is 2. The van der Waals surface area contributed by atoms with Crippen LogP contribution in [0.1, 0.15) is 47.2 Å². The number of Topliss-reactive ketones (excluding diaryl/α,β-unsaturated/α-hetero) is 1. The van der Waals surface area contributed by atoms with Crippen LogP contribution < -0.4 is 0 Å². The lowest BCUT2D eigenvalue weighted by atomic mass is 9.96. The van der Waals surface area contributed by atoms with E-state index >= 15 is 0 Å². The first-order valence-corrected chi connectivity index (χ1v) is 6.39. The molecule has 96 valence electrons. The van der Waals surface area contributed by atoms with Gasteiger partial charge in [-0.2, -0.15) is 0 Å². The van der Waals surface area contributed by atoms with E-state index < -0.39 is 6.10 Å². The lowest BCUT2D eigenvalue weighted by Crippen LogP contribution is -2.30. The monoisotopic (exact) mass is 246 g/mol. The summed E-state index contributed by atoms with van der Waals surface area (Å²) in [6.45, 7) is 3.81. The number of esters is 1. The van der Waals surface area contributed by atoms with E-state index in [0.29, 0.717) is 18.4 Å². The number of ether oxygens (including phenoxy) is 1. The third kappa shape index (κ3) is 2.78. The predicted octanol–water partition coefficient (Wildman–Crippen LogP) is 2.97. The zero-order valence-electron chi connectivity index (χ0n) is 10.9. The van der Waals surface area contributed by atoms with Gasteiger partial charge >= 0.3 is 5.97 Å². The van der Waals surface area contributed by atoms with Crippen LogP contribution in [0.5, 0.6) is 0 Å². The average molecular weight is 246 g/mol. The van der Waals surface area contributed by atoms with E-state index in [2.05, 4.69) is 0 Å². The minimum absolute atomic E-state index is 0.0555. The summed E-state index contributed by atoms with van der Waals surface area (Å²) in [6.07, 6.45) is 2.53. The first-order valence-electron chi connectivity index (χ1n) is 6.39. The third-order valence-corrected chi connectivity index (χ3v) is 3.36. The normalized spacial score (nSPS) is 19.7. The first-order chi connectivity index (χ1) is 8.58. The summed E-state index contributed by atoms with van der Waals surface area (Å²) >= 11 is 0. The van der Waals surface area contributed by atoms with Gasteiger partial charge in [-0.15, -0.1) is 0 Å².